The lowest BCUT2D eigenvalue weighted by Crippen LogP contribution is -2.23. The molecule has 18 heavy (non-hydrogen) atoms. The van der Waals surface area contributed by atoms with Crippen molar-refractivity contribution in [2.45, 2.75) is 19.0 Å². The molecule has 9 heteroatoms. The van der Waals surface area contributed by atoms with E-state index in [4.69, 9.17) is 5.11 Å². The van der Waals surface area contributed by atoms with E-state index in [1.165, 1.54) is 4.98 Å². The van der Waals surface area contributed by atoms with Crippen LogP contribution in [0.4, 0.5) is 22.0 Å². The number of carboxylic acid groups (broad SMARTS) is 1. The summed E-state index contributed by atoms with van der Waals surface area (Å²) in [4.78, 5) is 22.6. The number of alkyl halides is 5. The third-order valence-electron chi connectivity index (χ3n) is 2.01. The molecule has 1 rings (SSSR count). The minimum absolute atomic E-state index is 0.264. The quantitative estimate of drug-likeness (QED) is 0.825. The number of hydrogen-bond donors (Lipinski definition) is 2. The summed E-state index contributed by atoms with van der Waals surface area (Å²) in [6, 6.07) is 0.264. The summed E-state index contributed by atoms with van der Waals surface area (Å²) in [5.41, 5.74) is -5.32. The van der Waals surface area contributed by atoms with Crippen molar-refractivity contribution in [1.29, 1.82) is 0 Å². The molecule has 0 aromatic carbocycles. The van der Waals surface area contributed by atoms with E-state index in [2.05, 4.69) is 0 Å². The second-order valence-corrected chi connectivity index (χ2v) is 3.32. The number of aromatic nitrogens is 1. The third kappa shape index (κ3) is 3.05. The van der Waals surface area contributed by atoms with E-state index in [-0.39, 0.29) is 6.07 Å². The second kappa shape index (κ2) is 4.75. The Hall–Kier alpha value is -1.93. The SMILES string of the molecule is O=C(O)Cc1cc(C(F)F)c(=O)[nH]c1C(F)(F)F. The van der Waals surface area contributed by atoms with Crippen LogP contribution in [0.25, 0.3) is 0 Å². The van der Waals surface area contributed by atoms with E-state index in [1.54, 1.807) is 0 Å². The van der Waals surface area contributed by atoms with Gasteiger partial charge in [0.1, 0.15) is 5.69 Å². The average molecular weight is 271 g/mol. The normalized spacial score (nSPS) is 11.9. The number of pyridine rings is 1. The van der Waals surface area contributed by atoms with Crippen LogP contribution in [-0.4, -0.2) is 16.1 Å². The molecule has 1 heterocycles. The van der Waals surface area contributed by atoms with E-state index in [9.17, 15) is 31.5 Å². The maximum absolute atomic E-state index is 12.5. The molecule has 2 N–H and O–H groups in total. The highest BCUT2D eigenvalue weighted by molar-refractivity contribution is 5.70. The standard InChI is InChI=1S/C9H6F5NO3/c10-7(11)4-1-3(2-5(16)17)6(9(12,13)14)15-8(4)18/h1,7H,2H2,(H,15,18)(H,16,17). The van der Waals surface area contributed by atoms with Gasteiger partial charge in [0, 0.05) is 0 Å². The number of carbonyl (C=O) groups is 1. The fraction of sp³-hybridized carbons (Fsp3) is 0.333. The molecular weight excluding hydrogens is 265 g/mol. The molecule has 0 unspecified atom stereocenters. The molecule has 0 amide bonds. The Morgan fingerprint density at radius 3 is 2.33 bits per heavy atom. The first-order chi connectivity index (χ1) is 8.12. The highest BCUT2D eigenvalue weighted by atomic mass is 19.4. The molecule has 0 bridgehead atoms. The summed E-state index contributed by atoms with van der Waals surface area (Å²) < 4.78 is 62.0. The maximum atomic E-state index is 12.5. The molecule has 0 radical (unpaired) electrons. The topological polar surface area (TPSA) is 70.2 Å². The molecule has 0 aliphatic heterocycles. The van der Waals surface area contributed by atoms with E-state index in [0.717, 1.165) is 0 Å². The van der Waals surface area contributed by atoms with Crippen molar-refractivity contribution >= 4 is 5.97 Å². The molecule has 1 aromatic heterocycles. The summed E-state index contributed by atoms with van der Waals surface area (Å²) in [5, 5.41) is 8.41. The summed E-state index contributed by atoms with van der Waals surface area (Å²) in [6.45, 7) is 0. The lowest BCUT2D eigenvalue weighted by Gasteiger charge is -2.12. The van der Waals surface area contributed by atoms with Gasteiger partial charge in [0.15, 0.2) is 0 Å². The van der Waals surface area contributed by atoms with E-state index >= 15 is 0 Å². The number of hydrogen-bond acceptors (Lipinski definition) is 2. The Morgan fingerprint density at radius 1 is 1.39 bits per heavy atom. The van der Waals surface area contributed by atoms with Crippen LogP contribution in [0, 0.1) is 0 Å². The van der Waals surface area contributed by atoms with Gasteiger partial charge in [-0.05, 0) is 11.6 Å². The van der Waals surface area contributed by atoms with Gasteiger partial charge in [0.2, 0.25) is 0 Å². The zero-order valence-corrected chi connectivity index (χ0v) is 8.52. The van der Waals surface area contributed by atoms with E-state index in [1.807, 2.05) is 0 Å². The van der Waals surface area contributed by atoms with Crippen LogP contribution in [0.5, 0.6) is 0 Å². The molecule has 0 aliphatic carbocycles. The van der Waals surface area contributed by atoms with Crippen molar-refractivity contribution in [3.8, 4) is 0 Å². The molecule has 0 saturated heterocycles. The van der Waals surface area contributed by atoms with Crippen molar-refractivity contribution in [3.63, 3.8) is 0 Å². The molecule has 0 saturated carbocycles. The summed E-state index contributed by atoms with van der Waals surface area (Å²) in [6.07, 6.45) is -9.43. The van der Waals surface area contributed by atoms with Crippen molar-refractivity contribution in [1.82, 2.24) is 4.98 Å². The lowest BCUT2D eigenvalue weighted by atomic mass is 10.1. The van der Waals surface area contributed by atoms with Crippen LogP contribution < -0.4 is 5.56 Å². The smallest absolute Gasteiger partial charge is 0.431 e. The summed E-state index contributed by atoms with van der Waals surface area (Å²) in [7, 11) is 0. The first kappa shape index (κ1) is 14.1. The van der Waals surface area contributed by atoms with Crippen LogP contribution in [-0.2, 0) is 17.4 Å². The zero-order chi connectivity index (χ0) is 14.1. The van der Waals surface area contributed by atoms with Gasteiger partial charge >= 0.3 is 12.1 Å². The Kier molecular flexibility index (Phi) is 3.73. The Labute approximate surface area is 96.1 Å². The van der Waals surface area contributed by atoms with Crippen molar-refractivity contribution in [2.24, 2.45) is 0 Å². The van der Waals surface area contributed by atoms with Gasteiger partial charge in [-0.3, -0.25) is 9.59 Å². The van der Waals surface area contributed by atoms with Gasteiger partial charge in [-0.15, -0.1) is 0 Å². The summed E-state index contributed by atoms with van der Waals surface area (Å²) in [5.74, 6) is -1.63. The predicted octanol–water partition coefficient (Wildman–Crippen LogP) is 1.96. The number of carboxylic acids is 1. The van der Waals surface area contributed by atoms with Crippen molar-refractivity contribution < 1.29 is 31.9 Å². The average Bonchev–Trinajstić information content (AvgIpc) is 2.17. The summed E-state index contributed by atoms with van der Waals surface area (Å²) >= 11 is 0. The largest absolute Gasteiger partial charge is 0.481 e. The van der Waals surface area contributed by atoms with Crippen molar-refractivity contribution in [3.05, 3.63) is 33.2 Å². The molecule has 0 aliphatic rings. The Balaban J connectivity index is 3.47. The maximum Gasteiger partial charge on any atom is 0.431 e. The molecule has 0 spiro atoms. The molecule has 0 fully saturated rings. The molecule has 100 valence electrons. The van der Waals surface area contributed by atoms with Crippen LogP contribution in [0.2, 0.25) is 0 Å². The molecule has 4 nitrogen and oxygen atoms in total. The van der Waals surface area contributed by atoms with Crippen LogP contribution >= 0.6 is 0 Å². The minimum Gasteiger partial charge on any atom is -0.481 e. The van der Waals surface area contributed by atoms with Crippen LogP contribution in [0.1, 0.15) is 23.2 Å². The Morgan fingerprint density at radius 2 is 1.94 bits per heavy atom. The van der Waals surface area contributed by atoms with Gasteiger partial charge in [-0.25, -0.2) is 8.78 Å². The highest BCUT2D eigenvalue weighted by Crippen LogP contribution is 2.31. The Bertz CT molecular complexity index is 520. The first-order valence-corrected chi connectivity index (χ1v) is 4.46. The number of halogens is 5. The zero-order valence-electron chi connectivity index (χ0n) is 8.52. The number of H-pyrrole nitrogens is 1. The molecule has 0 atom stereocenters. The second-order valence-electron chi connectivity index (χ2n) is 3.32. The number of rotatable bonds is 3. The van der Waals surface area contributed by atoms with Crippen LogP contribution in [0.3, 0.4) is 0 Å². The lowest BCUT2D eigenvalue weighted by molar-refractivity contribution is -0.142. The number of aliphatic carboxylic acids is 1. The van der Waals surface area contributed by atoms with Gasteiger partial charge in [0.25, 0.3) is 12.0 Å². The minimum atomic E-state index is -5.02. The molecule has 1 aromatic rings. The fourth-order valence-corrected chi connectivity index (χ4v) is 1.31. The van der Waals surface area contributed by atoms with E-state index < -0.39 is 47.4 Å². The number of aromatic amines is 1. The first-order valence-electron chi connectivity index (χ1n) is 4.46. The van der Waals surface area contributed by atoms with Gasteiger partial charge in [-0.1, -0.05) is 0 Å². The van der Waals surface area contributed by atoms with E-state index in [0.29, 0.717) is 0 Å². The van der Waals surface area contributed by atoms with Gasteiger partial charge in [0.05, 0.1) is 12.0 Å². The van der Waals surface area contributed by atoms with Gasteiger partial charge in [-0.2, -0.15) is 13.2 Å². The van der Waals surface area contributed by atoms with Crippen LogP contribution in [0.15, 0.2) is 10.9 Å². The predicted molar refractivity (Wildman–Crippen MR) is 48.4 cm³/mol. The third-order valence-corrected chi connectivity index (χ3v) is 2.01. The van der Waals surface area contributed by atoms with Gasteiger partial charge < -0.3 is 10.1 Å². The van der Waals surface area contributed by atoms with Crippen molar-refractivity contribution in [2.75, 3.05) is 0 Å². The molecular formula is C9H6F5NO3. The highest BCUT2D eigenvalue weighted by Gasteiger charge is 2.36. The fourth-order valence-electron chi connectivity index (χ4n) is 1.31. The monoisotopic (exact) mass is 271 g/mol. The number of nitrogens with one attached hydrogen (secondary N) is 1.